The first-order valence-corrected chi connectivity index (χ1v) is 7.43. The van der Waals surface area contributed by atoms with E-state index >= 15 is 0 Å². The van der Waals surface area contributed by atoms with E-state index in [1.165, 1.54) is 0 Å². The number of nitrogens with one attached hydrogen (secondary N) is 1. The van der Waals surface area contributed by atoms with Gasteiger partial charge in [0.25, 0.3) is 0 Å². The predicted octanol–water partition coefficient (Wildman–Crippen LogP) is 1.02. The van der Waals surface area contributed by atoms with E-state index in [9.17, 15) is 9.59 Å². The van der Waals surface area contributed by atoms with Crippen LogP contribution in [0, 0.1) is 0 Å². The number of hydrogen-bond donors (Lipinski definition) is 1. The Hall–Kier alpha value is -0.810. The molecule has 6 heteroatoms. The number of likely N-dealkylation sites (N-methyl/N-ethyl adjacent to an activating group) is 1. The molecule has 1 N–H and O–H groups in total. The van der Waals surface area contributed by atoms with E-state index in [-0.39, 0.29) is 30.8 Å². The van der Waals surface area contributed by atoms with Gasteiger partial charge in [-0.05, 0) is 32.7 Å². The van der Waals surface area contributed by atoms with E-state index < -0.39 is 0 Å². The SMILES string of the molecule is CNC1CCCN(C(=O)CN2CCCCCC2=O)C1.Cl. The summed E-state index contributed by atoms with van der Waals surface area (Å²) in [6.07, 6.45) is 5.87. The van der Waals surface area contributed by atoms with Crippen LogP contribution in [-0.4, -0.2) is 60.9 Å². The van der Waals surface area contributed by atoms with Crippen molar-refractivity contribution in [3.8, 4) is 0 Å². The molecule has 5 nitrogen and oxygen atoms in total. The Morgan fingerprint density at radius 3 is 2.80 bits per heavy atom. The average molecular weight is 304 g/mol. The van der Waals surface area contributed by atoms with Gasteiger partial charge in [-0.15, -0.1) is 12.4 Å². The highest BCUT2D eigenvalue weighted by molar-refractivity contribution is 5.85. The van der Waals surface area contributed by atoms with Crippen LogP contribution in [-0.2, 0) is 9.59 Å². The minimum atomic E-state index is 0. The second kappa shape index (κ2) is 8.47. The molecule has 2 rings (SSSR count). The van der Waals surface area contributed by atoms with E-state index in [0.29, 0.717) is 12.5 Å². The fourth-order valence-electron chi connectivity index (χ4n) is 2.91. The molecule has 2 aliphatic heterocycles. The van der Waals surface area contributed by atoms with Crippen molar-refractivity contribution in [3.63, 3.8) is 0 Å². The number of carbonyl (C=O) groups is 2. The van der Waals surface area contributed by atoms with Gasteiger partial charge in [0, 0.05) is 32.1 Å². The number of piperidine rings is 1. The highest BCUT2D eigenvalue weighted by atomic mass is 35.5. The molecule has 2 saturated heterocycles. The van der Waals surface area contributed by atoms with Gasteiger partial charge in [-0.1, -0.05) is 6.42 Å². The zero-order chi connectivity index (χ0) is 13.7. The number of carbonyl (C=O) groups excluding carboxylic acids is 2. The van der Waals surface area contributed by atoms with Gasteiger partial charge in [-0.2, -0.15) is 0 Å². The fourth-order valence-corrected chi connectivity index (χ4v) is 2.91. The van der Waals surface area contributed by atoms with Crippen LogP contribution in [0.2, 0.25) is 0 Å². The molecule has 0 aromatic heterocycles. The van der Waals surface area contributed by atoms with Gasteiger partial charge in [-0.3, -0.25) is 9.59 Å². The lowest BCUT2D eigenvalue weighted by Crippen LogP contribution is -2.50. The van der Waals surface area contributed by atoms with Crippen LogP contribution >= 0.6 is 12.4 Å². The van der Waals surface area contributed by atoms with Crippen LogP contribution in [0.1, 0.15) is 38.5 Å². The maximum Gasteiger partial charge on any atom is 0.242 e. The molecule has 2 amide bonds. The Kier molecular flexibility index (Phi) is 7.30. The van der Waals surface area contributed by atoms with Gasteiger partial charge < -0.3 is 15.1 Å². The smallest absolute Gasteiger partial charge is 0.242 e. The standard InChI is InChI=1S/C14H25N3O2.ClH/c1-15-12-6-5-9-16(10-12)14(19)11-17-8-4-2-3-7-13(17)18;/h12,15H,2-11H2,1H3;1H. The Morgan fingerprint density at radius 1 is 1.25 bits per heavy atom. The molecule has 2 aliphatic rings. The van der Waals surface area contributed by atoms with Crippen molar-refractivity contribution >= 4 is 24.2 Å². The van der Waals surface area contributed by atoms with Gasteiger partial charge in [0.05, 0.1) is 6.54 Å². The Bertz CT molecular complexity index is 338. The third kappa shape index (κ3) is 4.63. The number of hydrogen-bond acceptors (Lipinski definition) is 3. The quantitative estimate of drug-likeness (QED) is 0.847. The van der Waals surface area contributed by atoms with Crippen LogP contribution in [0.5, 0.6) is 0 Å². The first kappa shape index (κ1) is 17.2. The fraction of sp³-hybridized carbons (Fsp3) is 0.857. The lowest BCUT2D eigenvalue weighted by molar-refractivity contribution is -0.141. The molecule has 20 heavy (non-hydrogen) atoms. The molecule has 2 fully saturated rings. The van der Waals surface area contributed by atoms with Crippen LogP contribution in [0.4, 0.5) is 0 Å². The van der Waals surface area contributed by atoms with Gasteiger partial charge in [0.1, 0.15) is 0 Å². The molecule has 0 aliphatic carbocycles. The van der Waals surface area contributed by atoms with Crippen LogP contribution in [0.15, 0.2) is 0 Å². The third-order valence-corrected chi connectivity index (χ3v) is 4.18. The Balaban J connectivity index is 0.00000200. The van der Waals surface area contributed by atoms with Crippen LogP contribution in [0.3, 0.4) is 0 Å². The summed E-state index contributed by atoms with van der Waals surface area (Å²) in [5.41, 5.74) is 0. The molecule has 0 spiro atoms. The summed E-state index contributed by atoms with van der Waals surface area (Å²) in [4.78, 5) is 27.8. The average Bonchev–Trinajstić information content (AvgIpc) is 2.64. The van der Waals surface area contributed by atoms with E-state index in [1.807, 2.05) is 11.9 Å². The largest absolute Gasteiger partial charge is 0.340 e. The maximum absolute atomic E-state index is 12.3. The maximum atomic E-state index is 12.3. The molecular formula is C14H26ClN3O2. The zero-order valence-corrected chi connectivity index (χ0v) is 13.1. The Labute approximate surface area is 127 Å². The number of halogens is 1. The normalized spacial score (nSPS) is 24.1. The molecule has 1 atom stereocenters. The molecule has 0 saturated carbocycles. The van der Waals surface area contributed by atoms with Crippen LogP contribution < -0.4 is 5.32 Å². The molecule has 0 aromatic carbocycles. The first-order chi connectivity index (χ1) is 9.20. The zero-order valence-electron chi connectivity index (χ0n) is 12.3. The molecule has 0 bridgehead atoms. The minimum Gasteiger partial charge on any atom is -0.340 e. The van der Waals surface area contributed by atoms with E-state index in [2.05, 4.69) is 5.32 Å². The van der Waals surface area contributed by atoms with Crippen molar-refractivity contribution in [2.24, 2.45) is 0 Å². The summed E-state index contributed by atoms with van der Waals surface area (Å²) in [7, 11) is 1.94. The van der Waals surface area contributed by atoms with Gasteiger partial charge >= 0.3 is 0 Å². The Morgan fingerprint density at radius 2 is 2.05 bits per heavy atom. The summed E-state index contributed by atoms with van der Waals surface area (Å²) in [6.45, 7) is 2.62. The van der Waals surface area contributed by atoms with E-state index in [1.54, 1.807) is 4.90 Å². The van der Waals surface area contributed by atoms with Crippen LogP contribution in [0.25, 0.3) is 0 Å². The molecule has 0 radical (unpaired) electrons. The van der Waals surface area contributed by atoms with E-state index in [4.69, 9.17) is 0 Å². The highest BCUT2D eigenvalue weighted by Crippen LogP contribution is 2.13. The van der Waals surface area contributed by atoms with Crippen molar-refractivity contribution in [1.29, 1.82) is 0 Å². The highest BCUT2D eigenvalue weighted by Gasteiger charge is 2.26. The topological polar surface area (TPSA) is 52.7 Å². The molecule has 0 aromatic rings. The van der Waals surface area contributed by atoms with Crippen molar-refractivity contribution in [2.45, 2.75) is 44.6 Å². The van der Waals surface area contributed by atoms with Gasteiger partial charge in [0.15, 0.2) is 0 Å². The summed E-state index contributed by atoms with van der Waals surface area (Å²) >= 11 is 0. The molecule has 116 valence electrons. The first-order valence-electron chi connectivity index (χ1n) is 7.43. The van der Waals surface area contributed by atoms with E-state index in [0.717, 1.165) is 51.7 Å². The number of rotatable bonds is 3. The molecule has 1 unspecified atom stereocenters. The second-order valence-corrected chi connectivity index (χ2v) is 5.59. The minimum absolute atomic E-state index is 0. The monoisotopic (exact) mass is 303 g/mol. The van der Waals surface area contributed by atoms with Gasteiger partial charge in [0.2, 0.25) is 11.8 Å². The number of likely N-dealkylation sites (tertiary alicyclic amines) is 2. The summed E-state index contributed by atoms with van der Waals surface area (Å²) in [5, 5.41) is 3.24. The third-order valence-electron chi connectivity index (χ3n) is 4.18. The lowest BCUT2D eigenvalue weighted by Gasteiger charge is -2.34. The van der Waals surface area contributed by atoms with Crippen molar-refractivity contribution in [3.05, 3.63) is 0 Å². The molecule has 2 heterocycles. The number of amides is 2. The van der Waals surface area contributed by atoms with Gasteiger partial charge in [-0.25, -0.2) is 0 Å². The van der Waals surface area contributed by atoms with Crippen molar-refractivity contribution in [1.82, 2.24) is 15.1 Å². The lowest BCUT2D eigenvalue weighted by atomic mass is 10.1. The van der Waals surface area contributed by atoms with Crippen molar-refractivity contribution < 1.29 is 9.59 Å². The van der Waals surface area contributed by atoms with Crippen molar-refractivity contribution in [2.75, 3.05) is 33.2 Å². The summed E-state index contributed by atoms with van der Waals surface area (Å²) in [5.74, 6) is 0.253. The summed E-state index contributed by atoms with van der Waals surface area (Å²) < 4.78 is 0. The predicted molar refractivity (Wildman–Crippen MR) is 81.0 cm³/mol. The number of nitrogens with zero attached hydrogens (tertiary/aromatic N) is 2. The molecular weight excluding hydrogens is 278 g/mol. The second-order valence-electron chi connectivity index (χ2n) is 5.59. The summed E-state index contributed by atoms with van der Waals surface area (Å²) in [6, 6.07) is 0.400.